The first-order chi connectivity index (χ1) is 9.19. The standard InChI is InChI=1S/C14H26N4O/c1-5-9-18(6-2)10-8-15-13-11-14(19-7-3)17-12(4)16-13/h11H,5-10H2,1-4H3,(H,15,16,17). The van der Waals surface area contributed by atoms with Crippen LogP contribution in [-0.2, 0) is 0 Å². The number of nitrogens with zero attached hydrogens (tertiary/aromatic N) is 3. The van der Waals surface area contributed by atoms with E-state index in [0.29, 0.717) is 12.5 Å². The van der Waals surface area contributed by atoms with Crippen molar-refractivity contribution in [2.45, 2.75) is 34.1 Å². The monoisotopic (exact) mass is 266 g/mol. The number of aryl methyl sites for hydroxylation is 1. The van der Waals surface area contributed by atoms with Crippen LogP contribution in [0.1, 0.15) is 33.0 Å². The molecular formula is C14H26N4O. The number of ether oxygens (including phenoxy) is 1. The summed E-state index contributed by atoms with van der Waals surface area (Å²) in [6.07, 6.45) is 1.19. The largest absolute Gasteiger partial charge is 0.478 e. The highest BCUT2D eigenvalue weighted by Crippen LogP contribution is 2.12. The average molecular weight is 266 g/mol. The fourth-order valence-electron chi connectivity index (χ4n) is 1.94. The molecule has 5 nitrogen and oxygen atoms in total. The molecule has 1 rings (SSSR count). The van der Waals surface area contributed by atoms with Crippen molar-refractivity contribution in [1.82, 2.24) is 14.9 Å². The normalized spacial score (nSPS) is 10.8. The molecule has 0 aliphatic heterocycles. The molecule has 1 aromatic heterocycles. The first-order valence-corrected chi connectivity index (χ1v) is 7.14. The lowest BCUT2D eigenvalue weighted by molar-refractivity contribution is 0.300. The molecule has 0 aliphatic carbocycles. The number of hydrogen-bond donors (Lipinski definition) is 1. The van der Waals surface area contributed by atoms with Gasteiger partial charge in [0.15, 0.2) is 0 Å². The van der Waals surface area contributed by atoms with E-state index in [1.807, 2.05) is 19.9 Å². The van der Waals surface area contributed by atoms with Crippen molar-refractivity contribution < 1.29 is 4.74 Å². The number of rotatable bonds is 9. The van der Waals surface area contributed by atoms with Crippen LogP contribution in [0.5, 0.6) is 5.88 Å². The summed E-state index contributed by atoms with van der Waals surface area (Å²) in [5.41, 5.74) is 0. The van der Waals surface area contributed by atoms with Gasteiger partial charge in [-0.05, 0) is 33.4 Å². The molecular weight excluding hydrogens is 240 g/mol. The molecule has 0 amide bonds. The van der Waals surface area contributed by atoms with Crippen LogP contribution < -0.4 is 10.1 Å². The Hall–Kier alpha value is -1.36. The Morgan fingerprint density at radius 2 is 2.00 bits per heavy atom. The van der Waals surface area contributed by atoms with Gasteiger partial charge in [-0.25, -0.2) is 4.98 Å². The van der Waals surface area contributed by atoms with E-state index in [4.69, 9.17) is 4.74 Å². The summed E-state index contributed by atoms with van der Waals surface area (Å²) in [6.45, 7) is 13.0. The predicted octanol–water partition coefficient (Wildman–Crippen LogP) is 2.33. The Labute approximate surface area is 116 Å². The molecule has 0 saturated carbocycles. The zero-order valence-electron chi connectivity index (χ0n) is 12.6. The molecule has 0 spiro atoms. The zero-order chi connectivity index (χ0) is 14.1. The second-order valence-corrected chi connectivity index (χ2v) is 4.43. The Bertz CT molecular complexity index is 370. The lowest BCUT2D eigenvalue weighted by Crippen LogP contribution is -2.29. The third kappa shape index (κ3) is 5.87. The van der Waals surface area contributed by atoms with Gasteiger partial charge >= 0.3 is 0 Å². The van der Waals surface area contributed by atoms with E-state index in [9.17, 15) is 0 Å². The van der Waals surface area contributed by atoms with Crippen LogP contribution >= 0.6 is 0 Å². The summed E-state index contributed by atoms with van der Waals surface area (Å²) in [6, 6.07) is 1.85. The van der Waals surface area contributed by atoms with Gasteiger partial charge in [0.2, 0.25) is 5.88 Å². The number of aromatic nitrogens is 2. The summed E-state index contributed by atoms with van der Waals surface area (Å²) in [7, 11) is 0. The summed E-state index contributed by atoms with van der Waals surface area (Å²) in [4.78, 5) is 11.0. The third-order valence-electron chi connectivity index (χ3n) is 2.83. The minimum atomic E-state index is 0.621. The van der Waals surface area contributed by atoms with E-state index in [0.717, 1.165) is 37.8 Å². The molecule has 0 aliphatic rings. The highest BCUT2D eigenvalue weighted by atomic mass is 16.5. The quantitative estimate of drug-likeness (QED) is 0.743. The van der Waals surface area contributed by atoms with Crippen molar-refractivity contribution in [2.75, 3.05) is 38.1 Å². The van der Waals surface area contributed by atoms with E-state index in [1.54, 1.807) is 0 Å². The minimum Gasteiger partial charge on any atom is -0.478 e. The van der Waals surface area contributed by atoms with E-state index < -0.39 is 0 Å². The van der Waals surface area contributed by atoms with Crippen LogP contribution in [0.25, 0.3) is 0 Å². The molecule has 0 aromatic carbocycles. The van der Waals surface area contributed by atoms with E-state index in [1.165, 1.54) is 6.42 Å². The number of anilines is 1. The van der Waals surface area contributed by atoms with Crippen molar-refractivity contribution in [1.29, 1.82) is 0 Å². The van der Waals surface area contributed by atoms with Crippen molar-refractivity contribution >= 4 is 5.82 Å². The minimum absolute atomic E-state index is 0.621. The molecule has 0 radical (unpaired) electrons. The maximum Gasteiger partial charge on any atom is 0.218 e. The average Bonchev–Trinajstić information content (AvgIpc) is 2.37. The Morgan fingerprint density at radius 3 is 2.63 bits per heavy atom. The van der Waals surface area contributed by atoms with Crippen LogP contribution in [0.15, 0.2) is 6.07 Å². The predicted molar refractivity (Wildman–Crippen MR) is 78.8 cm³/mol. The third-order valence-corrected chi connectivity index (χ3v) is 2.83. The van der Waals surface area contributed by atoms with Crippen LogP contribution in [0.3, 0.4) is 0 Å². The molecule has 1 aromatic rings. The first-order valence-electron chi connectivity index (χ1n) is 7.14. The fraction of sp³-hybridized carbons (Fsp3) is 0.714. The van der Waals surface area contributed by atoms with E-state index in [-0.39, 0.29) is 0 Å². The van der Waals surface area contributed by atoms with Crippen molar-refractivity contribution in [2.24, 2.45) is 0 Å². The lowest BCUT2D eigenvalue weighted by Gasteiger charge is -2.19. The molecule has 0 unspecified atom stereocenters. The first kappa shape index (κ1) is 15.7. The smallest absolute Gasteiger partial charge is 0.218 e. The van der Waals surface area contributed by atoms with Crippen molar-refractivity contribution in [3.8, 4) is 5.88 Å². The maximum absolute atomic E-state index is 5.41. The zero-order valence-corrected chi connectivity index (χ0v) is 12.6. The Kier molecular flexibility index (Phi) is 7.18. The summed E-state index contributed by atoms with van der Waals surface area (Å²) in [5.74, 6) is 2.20. The van der Waals surface area contributed by atoms with Gasteiger partial charge < -0.3 is 15.0 Å². The topological polar surface area (TPSA) is 50.3 Å². The van der Waals surface area contributed by atoms with Gasteiger partial charge in [0.05, 0.1) is 6.61 Å². The van der Waals surface area contributed by atoms with Crippen molar-refractivity contribution in [3.63, 3.8) is 0 Å². The maximum atomic E-state index is 5.41. The SMILES string of the molecule is CCCN(CC)CCNc1cc(OCC)nc(C)n1. The molecule has 1 heterocycles. The lowest BCUT2D eigenvalue weighted by atomic mass is 10.4. The molecule has 0 saturated heterocycles. The van der Waals surface area contributed by atoms with Crippen LogP contribution in [0, 0.1) is 6.92 Å². The van der Waals surface area contributed by atoms with Gasteiger partial charge in [-0.3, -0.25) is 0 Å². The molecule has 19 heavy (non-hydrogen) atoms. The summed E-state index contributed by atoms with van der Waals surface area (Å²) >= 11 is 0. The van der Waals surface area contributed by atoms with Gasteiger partial charge in [-0.2, -0.15) is 4.98 Å². The second kappa shape index (κ2) is 8.69. The highest BCUT2D eigenvalue weighted by Gasteiger charge is 2.04. The van der Waals surface area contributed by atoms with Crippen molar-refractivity contribution in [3.05, 3.63) is 11.9 Å². The molecule has 0 bridgehead atoms. The van der Waals surface area contributed by atoms with Gasteiger partial charge in [0.25, 0.3) is 0 Å². The fourth-order valence-corrected chi connectivity index (χ4v) is 1.94. The van der Waals surface area contributed by atoms with Gasteiger partial charge in [0, 0.05) is 19.2 Å². The molecule has 0 fully saturated rings. The van der Waals surface area contributed by atoms with Crippen LogP contribution in [0.2, 0.25) is 0 Å². The summed E-state index contributed by atoms with van der Waals surface area (Å²) < 4.78 is 5.41. The number of hydrogen-bond acceptors (Lipinski definition) is 5. The van der Waals surface area contributed by atoms with Gasteiger partial charge in [-0.1, -0.05) is 13.8 Å². The molecule has 0 atom stereocenters. The van der Waals surface area contributed by atoms with E-state index >= 15 is 0 Å². The number of likely N-dealkylation sites (N-methyl/N-ethyl adjacent to an activating group) is 1. The van der Waals surface area contributed by atoms with Crippen LogP contribution in [-0.4, -0.2) is 47.7 Å². The Morgan fingerprint density at radius 1 is 1.21 bits per heavy atom. The summed E-state index contributed by atoms with van der Waals surface area (Å²) in [5, 5.41) is 3.33. The van der Waals surface area contributed by atoms with E-state index in [2.05, 4.69) is 34.0 Å². The molecule has 108 valence electrons. The second-order valence-electron chi connectivity index (χ2n) is 4.43. The number of nitrogens with one attached hydrogen (secondary N) is 1. The van der Waals surface area contributed by atoms with Gasteiger partial charge in [-0.15, -0.1) is 0 Å². The van der Waals surface area contributed by atoms with Gasteiger partial charge in [0.1, 0.15) is 11.6 Å². The van der Waals surface area contributed by atoms with Crippen LogP contribution in [0.4, 0.5) is 5.82 Å². The molecule has 5 heteroatoms. The highest BCUT2D eigenvalue weighted by molar-refractivity contribution is 5.38. The Balaban J connectivity index is 2.48. The molecule has 1 N–H and O–H groups in total.